The monoisotopic (exact) mass is 250 g/mol. The van der Waals surface area contributed by atoms with Crippen LogP contribution in [0.15, 0.2) is 0 Å². The molecule has 2 aliphatic rings. The van der Waals surface area contributed by atoms with E-state index in [0.717, 1.165) is 18.9 Å². The zero-order valence-electron chi connectivity index (χ0n) is 10.3. The second-order valence-corrected chi connectivity index (χ2v) is 5.54. The van der Waals surface area contributed by atoms with Crippen LogP contribution in [0.1, 0.15) is 26.2 Å². The topological polar surface area (TPSA) is 15.3 Å². The average Bonchev–Trinajstić information content (AvgIpc) is 2.96. The van der Waals surface area contributed by atoms with E-state index in [1.54, 1.807) is 0 Å². The van der Waals surface area contributed by atoms with Crippen LogP contribution in [0.5, 0.6) is 0 Å². The molecule has 0 aromatic rings. The zero-order chi connectivity index (χ0) is 12.5. The predicted octanol–water partition coefficient (Wildman–Crippen LogP) is 2.26. The first kappa shape index (κ1) is 13.1. The van der Waals surface area contributed by atoms with Gasteiger partial charge in [-0.3, -0.25) is 4.90 Å². The van der Waals surface area contributed by atoms with Crippen LogP contribution in [0.2, 0.25) is 0 Å². The molecule has 0 aromatic heterocycles. The van der Waals surface area contributed by atoms with E-state index >= 15 is 0 Å². The predicted molar refractivity (Wildman–Crippen MR) is 60.8 cm³/mol. The Morgan fingerprint density at radius 3 is 2.59 bits per heavy atom. The number of nitrogens with zero attached hydrogens (tertiary/aromatic N) is 1. The maximum absolute atomic E-state index is 12.2. The zero-order valence-corrected chi connectivity index (χ0v) is 10.3. The Kier molecular flexibility index (Phi) is 3.98. The lowest BCUT2D eigenvalue weighted by Crippen LogP contribution is -2.36. The normalized spacial score (nSPS) is 28.6. The molecule has 1 heterocycles. The number of alkyl halides is 3. The van der Waals surface area contributed by atoms with Gasteiger partial charge in [0.25, 0.3) is 0 Å². The summed E-state index contributed by atoms with van der Waals surface area (Å²) in [5, 5.41) is 3.46. The first-order valence-electron chi connectivity index (χ1n) is 6.46. The highest BCUT2D eigenvalue weighted by Gasteiger charge is 2.34. The summed E-state index contributed by atoms with van der Waals surface area (Å²) < 4.78 is 36.6. The van der Waals surface area contributed by atoms with Gasteiger partial charge in [-0.2, -0.15) is 13.2 Å². The highest BCUT2D eigenvalue weighted by atomic mass is 19.4. The number of hydrogen-bond donors (Lipinski definition) is 1. The van der Waals surface area contributed by atoms with E-state index in [4.69, 9.17) is 0 Å². The van der Waals surface area contributed by atoms with Crippen LogP contribution in [-0.2, 0) is 0 Å². The van der Waals surface area contributed by atoms with Crippen molar-refractivity contribution >= 4 is 0 Å². The second kappa shape index (κ2) is 5.14. The minimum Gasteiger partial charge on any atom is -0.314 e. The van der Waals surface area contributed by atoms with Crippen LogP contribution >= 0.6 is 0 Å². The molecule has 2 unspecified atom stereocenters. The first-order chi connectivity index (χ1) is 7.94. The molecule has 0 aromatic carbocycles. The molecule has 0 radical (unpaired) electrons. The molecule has 0 spiro atoms. The number of hydrogen-bond acceptors (Lipinski definition) is 2. The van der Waals surface area contributed by atoms with Gasteiger partial charge in [0.2, 0.25) is 0 Å². The van der Waals surface area contributed by atoms with Crippen molar-refractivity contribution in [1.82, 2.24) is 10.2 Å². The molecule has 1 aliphatic carbocycles. The molecule has 2 atom stereocenters. The third-order valence-corrected chi connectivity index (χ3v) is 3.83. The number of likely N-dealkylation sites (tertiary alicyclic amines) is 1. The average molecular weight is 250 g/mol. The Labute approximate surface area is 101 Å². The molecule has 1 N–H and O–H groups in total. The number of nitrogens with one attached hydrogen (secondary N) is 1. The van der Waals surface area contributed by atoms with Crippen molar-refractivity contribution in [3.63, 3.8) is 0 Å². The molecule has 0 bridgehead atoms. The molecule has 1 aliphatic heterocycles. The van der Waals surface area contributed by atoms with E-state index in [1.807, 2.05) is 0 Å². The van der Waals surface area contributed by atoms with Crippen LogP contribution in [0.3, 0.4) is 0 Å². The molecule has 2 fully saturated rings. The lowest BCUT2D eigenvalue weighted by Gasteiger charge is -2.19. The van der Waals surface area contributed by atoms with Crippen LogP contribution in [0.25, 0.3) is 0 Å². The number of rotatable bonds is 5. The lowest BCUT2D eigenvalue weighted by molar-refractivity contribution is -0.143. The van der Waals surface area contributed by atoms with Gasteiger partial charge in [-0.05, 0) is 51.1 Å². The van der Waals surface area contributed by atoms with Gasteiger partial charge < -0.3 is 5.32 Å². The second-order valence-electron chi connectivity index (χ2n) is 5.54. The summed E-state index contributed by atoms with van der Waals surface area (Å²) in [5.41, 5.74) is 0. The van der Waals surface area contributed by atoms with E-state index in [-0.39, 0.29) is 0 Å². The molecule has 17 heavy (non-hydrogen) atoms. The van der Waals surface area contributed by atoms with Crippen molar-refractivity contribution in [1.29, 1.82) is 0 Å². The van der Waals surface area contributed by atoms with Crippen molar-refractivity contribution < 1.29 is 13.2 Å². The summed E-state index contributed by atoms with van der Waals surface area (Å²) >= 11 is 0. The van der Waals surface area contributed by atoms with Crippen molar-refractivity contribution in [3.05, 3.63) is 0 Å². The van der Waals surface area contributed by atoms with Crippen molar-refractivity contribution in [3.8, 4) is 0 Å². The maximum atomic E-state index is 12.2. The Morgan fingerprint density at radius 1 is 1.29 bits per heavy atom. The molecule has 5 heteroatoms. The van der Waals surface area contributed by atoms with Crippen molar-refractivity contribution in [2.75, 3.05) is 26.2 Å². The van der Waals surface area contributed by atoms with Gasteiger partial charge in [0.1, 0.15) is 0 Å². The molecule has 1 saturated heterocycles. The van der Waals surface area contributed by atoms with Crippen molar-refractivity contribution in [2.45, 2.75) is 38.4 Å². The van der Waals surface area contributed by atoms with Gasteiger partial charge in [0.05, 0.1) is 6.54 Å². The lowest BCUT2D eigenvalue weighted by atomic mass is 10.1. The summed E-state index contributed by atoms with van der Waals surface area (Å²) in [7, 11) is 0. The van der Waals surface area contributed by atoms with Crippen LogP contribution in [0, 0.1) is 11.8 Å². The molecular weight excluding hydrogens is 229 g/mol. The highest BCUT2D eigenvalue weighted by molar-refractivity contribution is 4.85. The highest BCUT2D eigenvalue weighted by Crippen LogP contribution is 2.32. The van der Waals surface area contributed by atoms with Gasteiger partial charge in [0.15, 0.2) is 0 Å². The van der Waals surface area contributed by atoms with E-state index < -0.39 is 12.7 Å². The fourth-order valence-electron chi connectivity index (χ4n) is 2.59. The molecule has 2 nitrogen and oxygen atoms in total. The van der Waals surface area contributed by atoms with Gasteiger partial charge in [0, 0.05) is 12.6 Å². The summed E-state index contributed by atoms with van der Waals surface area (Å²) in [4.78, 5) is 1.52. The third kappa shape index (κ3) is 4.47. The molecule has 100 valence electrons. The Morgan fingerprint density at radius 2 is 2.00 bits per heavy atom. The summed E-state index contributed by atoms with van der Waals surface area (Å²) in [6, 6.07) is 0.534. The SMILES string of the molecule is CC(NCC1CCN(CC(F)(F)F)C1)C1CC1. The Bertz CT molecular complexity index is 251. The molecule has 0 amide bonds. The summed E-state index contributed by atoms with van der Waals surface area (Å²) in [5.74, 6) is 1.20. The van der Waals surface area contributed by atoms with Crippen LogP contribution in [0.4, 0.5) is 13.2 Å². The van der Waals surface area contributed by atoms with Gasteiger partial charge in [-0.15, -0.1) is 0 Å². The van der Waals surface area contributed by atoms with E-state index in [2.05, 4.69) is 12.2 Å². The number of halogens is 3. The minimum atomic E-state index is -4.05. The quantitative estimate of drug-likeness (QED) is 0.805. The maximum Gasteiger partial charge on any atom is 0.401 e. The van der Waals surface area contributed by atoms with Crippen LogP contribution in [-0.4, -0.2) is 43.3 Å². The smallest absolute Gasteiger partial charge is 0.314 e. The van der Waals surface area contributed by atoms with E-state index in [0.29, 0.717) is 25.0 Å². The minimum absolute atomic E-state index is 0.388. The fraction of sp³-hybridized carbons (Fsp3) is 1.00. The summed E-state index contributed by atoms with van der Waals surface area (Å²) in [6.07, 6.45) is -0.553. The molecule has 1 saturated carbocycles. The van der Waals surface area contributed by atoms with E-state index in [1.165, 1.54) is 17.7 Å². The van der Waals surface area contributed by atoms with Gasteiger partial charge >= 0.3 is 6.18 Å². The summed E-state index contributed by atoms with van der Waals surface area (Å²) in [6.45, 7) is 3.47. The Balaban J connectivity index is 1.63. The van der Waals surface area contributed by atoms with E-state index in [9.17, 15) is 13.2 Å². The molecule has 2 rings (SSSR count). The van der Waals surface area contributed by atoms with Crippen LogP contribution < -0.4 is 5.32 Å². The Hall–Kier alpha value is -0.290. The fourth-order valence-corrected chi connectivity index (χ4v) is 2.59. The van der Waals surface area contributed by atoms with Gasteiger partial charge in [-0.25, -0.2) is 0 Å². The third-order valence-electron chi connectivity index (χ3n) is 3.83. The largest absolute Gasteiger partial charge is 0.401 e. The molecular formula is C12H21F3N2. The van der Waals surface area contributed by atoms with Gasteiger partial charge in [-0.1, -0.05) is 0 Å². The standard InChI is InChI=1S/C12H21F3N2/c1-9(11-2-3-11)16-6-10-4-5-17(7-10)8-12(13,14)15/h9-11,16H,2-8H2,1H3. The first-order valence-corrected chi connectivity index (χ1v) is 6.46. The van der Waals surface area contributed by atoms with Crippen molar-refractivity contribution in [2.24, 2.45) is 11.8 Å².